The van der Waals surface area contributed by atoms with Gasteiger partial charge in [0.15, 0.2) is 0 Å². The van der Waals surface area contributed by atoms with Gasteiger partial charge in [-0.3, -0.25) is 9.10 Å². The second kappa shape index (κ2) is 6.73. The summed E-state index contributed by atoms with van der Waals surface area (Å²) in [6.45, 7) is 4.35. The lowest BCUT2D eigenvalue weighted by atomic mass is 9.95. The average molecular weight is 414 g/mol. The van der Waals surface area contributed by atoms with Gasteiger partial charge in [0.1, 0.15) is 17.2 Å². The third kappa shape index (κ3) is 3.19. The van der Waals surface area contributed by atoms with Gasteiger partial charge in [0, 0.05) is 36.2 Å². The number of anilines is 1. The molecule has 1 aromatic heterocycles. The number of sulfonamides is 1. The quantitative estimate of drug-likeness (QED) is 0.707. The fraction of sp³-hybridized carbons (Fsp3) is 0.190. The van der Waals surface area contributed by atoms with Crippen molar-refractivity contribution in [3.05, 3.63) is 59.9 Å². The highest BCUT2D eigenvalue weighted by Crippen LogP contribution is 2.42. The van der Waals surface area contributed by atoms with E-state index in [0.29, 0.717) is 52.1 Å². The molecule has 1 N–H and O–H groups in total. The molecule has 0 saturated carbocycles. The summed E-state index contributed by atoms with van der Waals surface area (Å²) in [5.41, 5.74) is 3.13. The standard InChI is InChI=1S/C21H19FN2O4S/c1-12-8-9-24(29(3,26)27)17-11-18-16(10-15(12)17)19(21(25)23-2)20(28-18)13-4-6-14(22)7-5-13/h4-7,10-11H,1,8-9H2,2-3H3,(H,23,25). The summed E-state index contributed by atoms with van der Waals surface area (Å²) < 4.78 is 45.1. The molecule has 2 heterocycles. The number of fused-ring (bicyclic) bond motifs is 2. The maximum Gasteiger partial charge on any atom is 0.255 e. The third-order valence-corrected chi connectivity index (χ3v) is 6.21. The van der Waals surface area contributed by atoms with Crippen molar-refractivity contribution in [2.75, 3.05) is 24.2 Å². The van der Waals surface area contributed by atoms with Crippen LogP contribution in [0.15, 0.2) is 47.4 Å². The number of hydrogen-bond acceptors (Lipinski definition) is 4. The molecule has 1 aliphatic rings. The monoisotopic (exact) mass is 414 g/mol. The zero-order chi connectivity index (χ0) is 20.9. The molecule has 4 rings (SSSR count). The number of furan rings is 1. The normalized spacial score (nSPS) is 14.2. The first kappa shape index (κ1) is 19.2. The molecule has 0 aliphatic carbocycles. The molecular formula is C21H19FN2O4S. The molecule has 8 heteroatoms. The molecule has 0 spiro atoms. The van der Waals surface area contributed by atoms with Crippen LogP contribution in [0.3, 0.4) is 0 Å². The summed E-state index contributed by atoms with van der Waals surface area (Å²) in [7, 11) is -1.97. The van der Waals surface area contributed by atoms with E-state index in [-0.39, 0.29) is 5.91 Å². The van der Waals surface area contributed by atoms with Crippen LogP contribution in [0, 0.1) is 5.82 Å². The highest BCUT2D eigenvalue weighted by atomic mass is 32.2. The first-order chi connectivity index (χ1) is 13.7. The molecule has 3 aromatic rings. The fourth-order valence-electron chi connectivity index (χ4n) is 3.61. The summed E-state index contributed by atoms with van der Waals surface area (Å²) in [5, 5.41) is 3.14. The van der Waals surface area contributed by atoms with E-state index in [2.05, 4.69) is 11.9 Å². The maximum atomic E-state index is 13.4. The Morgan fingerprint density at radius 1 is 1.24 bits per heavy atom. The molecule has 29 heavy (non-hydrogen) atoms. The van der Waals surface area contributed by atoms with E-state index < -0.39 is 15.8 Å². The van der Waals surface area contributed by atoms with Crippen LogP contribution < -0.4 is 9.62 Å². The Kier molecular flexibility index (Phi) is 4.46. The molecule has 0 bridgehead atoms. The molecule has 0 atom stereocenters. The van der Waals surface area contributed by atoms with E-state index in [9.17, 15) is 17.6 Å². The van der Waals surface area contributed by atoms with Gasteiger partial charge in [-0.15, -0.1) is 0 Å². The molecule has 0 saturated heterocycles. The van der Waals surface area contributed by atoms with Gasteiger partial charge in [-0.05, 0) is 42.3 Å². The van der Waals surface area contributed by atoms with Gasteiger partial charge < -0.3 is 9.73 Å². The van der Waals surface area contributed by atoms with E-state index >= 15 is 0 Å². The van der Waals surface area contributed by atoms with Gasteiger partial charge >= 0.3 is 0 Å². The second-order valence-corrected chi connectivity index (χ2v) is 8.85. The van der Waals surface area contributed by atoms with E-state index in [4.69, 9.17) is 4.42 Å². The van der Waals surface area contributed by atoms with Crippen LogP contribution in [0.5, 0.6) is 0 Å². The first-order valence-electron chi connectivity index (χ1n) is 8.95. The molecule has 6 nitrogen and oxygen atoms in total. The summed E-state index contributed by atoms with van der Waals surface area (Å²) in [4.78, 5) is 12.6. The Morgan fingerprint density at radius 3 is 2.55 bits per heavy atom. The van der Waals surface area contributed by atoms with Crippen LogP contribution in [0.4, 0.5) is 10.1 Å². The minimum absolute atomic E-state index is 0.290. The van der Waals surface area contributed by atoms with Crippen LogP contribution in [0.2, 0.25) is 0 Å². The summed E-state index contributed by atoms with van der Waals surface area (Å²) >= 11 is 0. The van der Waals surface area contributed by atoms with E-state index in [0.717, 1.165) is 11.8 Å². The van der Waals surface area contributed by atoms with Crippen molar-refractivity contribution in [3.63, 3.8) is 0 Å². The topological polar surface area (TPSA) is 79.6 Å². The van der Waals surface area contributed by atoms with Crippen LogP contribution in [-0.4, -0.2) is 34.2 Å². The van der Waals surface area contributed by atoms with E-state index in [1.165, 1.54) is 35.6 Å². The first-order valence-corrected chi connectivity index (χ1v) is 10.8. The smallest absolute Gasteiger partial charge is 0.255 e. The van der Waals surface area contributed by atoms with Gasteiger partial charge in [0.2, 0.25) is 10.0 Å². The highest BCUT2D eigenvalue weighted by molar-refractivity contribution is 7.92. The average Bonchev–Trinajstić information content (AvgIpc) is 3.04. The van der Waals surface area contributed by atoms with Crippen LogP contribution >= 0.6 is 0 Å². The fourth-order valence-corrected chi connectivity index (χ4v) is 4.54. The molecule has 1 amide bonds. The summed E-state index contributed by atoms with van der Waals surface area (Å²) in [6.07, 6.45) is 1.64. The van der Waals surface area contributed by atoms with Gasteiger partial charge in [0.05, 0.1) is 17.5 Å². The summed E-state index contributed by atoms with van der Waals surface area (Å²) in [5.74, 6) is -0.468. The van der Waals surface area contributed by atoms with Crippen molar-refractivity contribution in [2.24, 2.45) is 0 Å². The molecule has 0 unspecified atom stereocenters. The Hall–Kier alpha value is -3.13. The summed E-state index contributed by atoms with van der Waals surface area (Å²) in [6, 6.07) is 8.99. The predicted octanol–water partition coefficient (Wildman–Crippen LogP) is 3.78. The number of carbonyl (C=O) groups is 1. The number of amides is 1. The van der Waals surface area contributed by atoms with Crippen molar-refractivity contribution in [3.8, 4) is 11.3 Å². The predicted molar refractivity (Wildman–Crippen MR) is 111 cm³/mol. The molecule has 2 aromatic carbocycles. The van der Waals surface area contributed by atoms with Crippen molar-refractivity contribution in [2.45, 2.75) is 6.42 Å². The third-order valence-electron chi connectivity index (χ3n) is 5.03. The second-order valence-electron chi connectivity index (χ2n) is 6.95. The maximum absolute atomic E-state index is 13.4. The molecular weight excluding hydrogens is 395 g/mol. The molecule has 0 radical (unpaired) electrons. The van der Waals surface area contributed by atoms with Crippen molar-refractivity contribution in [1.29, 1.82) is 0 Å². The van der Waals surface area contributed by atoms with Crippen LogP contribution in [0.25, 0.3) is 27.9 Å². The number of nitrogens with one attached hydrogen (secondary N) is 1. The largest absolute Gasteiger partial charge is 0.455 e. The lowest BCUT2D eigenvalue weighted by molar-refractivity contribution is 0.0964. The van der Waals surface area contributed by atoms with Gasteiger partial charge in [-0.25, -0.2) is 12.8 Å². The molecule has 150 valence electrons. The molecule has 1 aliphatic heterocycles. The number of hydrogen-bond donors (Lipinski definition) is 1. The minimum Gasteiger partial charge on any atom is -0.455 e. The van der Waals surface area contributed by atoms with Crippen LogP contribution in [0.1, 0.15) is 22.3 Å². The lowest BCUT2D eigenvalue weighted by Gasteiger charge is -2.30. The van der Waals surface area contributed by atoms with Gasteiger partial charge in [0.25, 0.3) is 5.91 Å². The number of rotatable bonds is 3. The van der Waals surface area contributed by atoms with Gasteiger partial charge in [-0.2, -0.15) is 0 Å². The number of carbonyl (C=O) groups excluding carboxylic acids is 1. The number of benzene rings is 2. The Morgan fingerprint density at radius 2 is 1.93 bits per heavy atom. The number of nitrogens with zero attached hydrogens (tertiary/aromatic N) is 1. The molecule has 0 fully saturated rings. The van der Waals surface area contributed by atoms with Crippen molar-refractivity contribution < 1.29 is 22.0 Å². The Bertz CT molecular complexity index is 1260. The lowest BCUT2D eigenvalue weighted by Crippen LogP contribution is -2.34. The highest BCUT2D eigenvalue weighted by Gasteiger charge is 2.29. The van der Waals surface area contributed by atoms with E-state index in [1.807, 2.05) is 0 Å². The van der Waals surface area contributed by atoms with Crippen molar-refractivity contribution in [1.82, 2.24) is 5.32 Å². The zero-order valence-electron chi connectivity index (χ0n) is 16.0. The minimum atomic E-state index is -3.48. The van der Waals surface area contributed by atoms with Gasteiger partial charge in [-0.1, -0.05) is 6.58 Å². The van der Waals surface area contributed by atoms with Crippen molar-refractivity contribution >= 4 is 38.2 Å². The SMILES string of the molecule is C=C1CCN(S(C)(=O)=O)c2cc3oc(-c4ccc(F)cc4)c(C(=O)NC)c3cc21. The number of halogens is 1. The van der Waals surface area contributed by atoms with Crippen LogP contribution in [-0.2, 0) is 10.0 Å². The van der Waals surface area contributed by atoms with E-state index in [1.54, 1.807) is 12.1 Å². The Balaban J connectivity index is 2.03. The Labute approximate surface area is 167 Å². The zero-order valence-corrected chi connectivity index (χ0v) is 16.8.